The van der Waals surface area contributed by atoms with Gasteiger partial charge in [0.1, 0.15) is 0 Å². The van der Waals surface area contributed by atoms with Gasteiger partial charge in [0.2, 0.25) is 5.91 Å². The largest absolute Gasteiger partial charge is 0.345 e. The van der Waals surface area contributed by atoms with Crippen molar-refractivity contribution in [2.75, 3.05) is 6.54 Å². The van der Waals surface area contributed by atoms with Crippen LogP contribution in [-0.4, -0.2) is 42.1 Å². The van der Waals surface area contributed by atoms with E-state index in [1.54, 1.807) is 4.90 Å². The Hall–Kier alpha value is -0.585. The molecular formula is C10H21BN2O3. The lowest BCUT2D eigenvalue weighted by Gasteiger charge is -2.28. The smallest absolute Gasteiger partial charge is 0.343 e. The van der Waals surface area contributed by atoms with E-state index in [9.17, 15) is 4.79 Å². The highest BCUT2D eigenvalue weighted by atomic mass is 17.1. The van der Waals surface area contributed by atoms with Crippen LogP contribution in [0.3, 0.4) is 0 Å². The summed E-state index contributed by atoms with van der Waals surface area (Å²) in [6.07, 6.45) is 2.72. The van der Waals surface area contributed by atoms with E-state index in [4.69, 9.17) is 11.0 Å². The average molecular weight is 228 g/mol. The summed E-state index contributed by atoms with van der Waals surface area (Å²) in [6.45, 7) is 4.73. The molecule has 1 aliphatic rings. The maximum absolute atomic E-state index is 12.1. The molecule has 1 saturated heterocycles. The molecule has 3 N–H and O–H groups in total. The van der Waals surface area contributed by atoms with Crippen LogP contribution in [0.2, 0.25) is 0 Å². The molecular weight excluding hydrogens is 207 g/mol. The first-order chi connectivity index (χ1) is 7.61. The first-order valence-electron chi connectivity index (χ1n) is 5.94. The molecule has 1 fully saturated rings. The van der Waals surface area contributed by atoms with Gasteiger partial charge in [-0.15, -0.1) is 0 Å². The van der Waals surface area contributed by atoms with E-state index in [0.29, 0.717) is 0 Å². The molecule has 3 atom stereocenters. The van der Waals surface area contributed by atoms with Crippen molar-refractivity contribution in [1.29, 1.82) is 0 Å². The van der Waals surface area contributed by atoms with Crippen LogP contribution in [-0.2, 0) is 9.60 Å². The fraction of sp³-hybridized carbons (Fsp3) is 0.900. The molecule has 92 valence electrons. The molecule has 0 aromatic carbocycles. The molecule has 0 saturated carbocycles. The first kappa shape index (κ1) is 13.5. The Morgan fingerprint density at radius 1 is 1.75 bits per heavy atom. The van der Waals surface area contributed by atoms with Crippen molar-refractivity contribution >= 4 is 13.4 Å². The second-order valence-corrected chi connectivity index (χ2v) is 4.53. The number of hydrogen-bond acceptors (Lipinski definition) is 4. The maximum atomic E-state index is 12.1. The van der Waals surface area contributed by atoms with Gasteiger partial charge in [-0.2, -0.15) is 0 Å². The highest BCUT2D eigenvalue weighted by Crippen LogP contribution is 2.19. The summed E-state index contributed by atoms with van der Waals surface area (Å²) in [5, 5.41) is 8.45. The maximum Gasteiger partial charge on any atom is 0.345 e. The Labute approximate surface area is 97.1 Å². The second-order valence-electron chi connectivity index (χ2n) is 4.53. The van der Waals surface area contributed by atoms with Gasteiger partial charge in [-0.1, -0.05) is 20.3 Å². The van der Waals surface area contributed by atoms with Crippen LogP contribution in [0.25, 0.3) is 0 Å². The van der Waals surface area contributed by atoms with Crippen molar-refractivity contribution in [3.8, 4) is 0 Å². The van der Waals surface area contributed by atoms with Crippen LogP contribution in [0.4, 0.5) is 0 Å². The van der Waals surface area contributed by atoms with E-state index in [2.05, 4.69) is 4.81 Å². The first-order valence-corrected chi connectivity index (χ1v) is 5.94. The lowest BCUT2D eigenvalue weighted by molar-refractivity contribution is -0.144. The summed E-state index contributed by atoms with van der Waals surface area (Å²) in [6, 6.07) is -0.440. The van der Waals surface area contributed by atoms with Crippen molar-refractivity contribution in [3.05, 3.63) is 0 Å². The van der Waals surface area contributed by atoms with Gasteiger partial charge in [0, 0.05) is 12.5 Å². The third-order valence-corrected chi connectivity index (χ3v) is 3.47. The highest BCUT2D eigenvalue weighted by molar-refractivity contribution is 6.30. The highest BCUT2D eigenvalue weighted by Gasteiger charge is 2.34. The predicted molar refractivity (Wildman–Crippen MR) is 63.0 cm³/mol. The Bertz CT molecular complexity index is 240. The van der Waals surface area contributed by atoms with Gasteiger partial charge in [-0.25, -0.2) is 0 Å². The summed E-state index contributed by atoms with van der Waals surface area (Å²) in [4.78, 5) is 18.0. The third kappa shape index (κ3) is 2.96. The molecule has 0 bridgehead atoms. The van der Waals surface area contributed by atoms with Crippen molar-refractivity contribution in [1.82, 2.24) is 4.90 Å². The summed E-state index contributed by atoms with van der Waals surface area (Å²) in [7, 11) is 0.180. The van der Waals surface area contributed by atoms with E-state index in [1.807, 2.05) is 13.8 Å². The van der Waals surface area contributed by atoms with Gasteiger partial charge in [0.05, 0.1) is 6.04 Å². The number of hydrogen-bond donors (Lipinski definition) is 2. The van der Waals surface area contributed by atoms with E-state index < -0.39 is 6.04 Å². The molecule has 0 aromatic rings. The molecule has 3 unspecified atom stereocenters. The molecule has 1 rings (SSSR count). The standard InChI is InChI=1S/C10H21BN2O3/c1-3-7(2)9(12)10(14)13-6-4-5-8(13)11-16-15/h7-9,11,15H,3-6,12H2,1-2H3. The van der Waals surface area contributed by atoms with Crippen LogP contribution < -0.4 is 5.73 Å². The lowest BCUT2D eigenvalue weighted by atomic mass is 9.85. The minimum atomic E-state index is -0.440. The lowest BCUT2D eigenvalue weighted by Crippen LogP contribution is -2.50. The Kier molecular flexibility index (Phi) is 5.24. The topological polar surface area (TPSA) is 75.8 Å². The molecule has 0 spiro atoms. The molecule has 1 amide bonds. The quantitative estimate of drug-likeness (QED) is 0.399. The summed E-state index contributed by atoms with van der Waals surface area (Å²) in [5.74, 6) is 0.144. The number of rotatable bonds is 5. The Balaban J connectivity index is 2.58. The molecule has 1 heterocycles. The number of amides is 1. The number of nitrogens with two attached hydrogens (primary N) is 1. The zero-order valence-electron chi connectivity index (χ0n) is 10.1. The molecule has 0 aliphatic carbocycles. The Morgan fingerprint density at radius 3 is 3.00 bits per heavy atom. The molecule has 6 heteroatoms. The van der Waals surface area contributed by atoms with Gasteiger partial charge in [0.25, 0.3) is 0 Å². The normalized spacial score (nSPS) is 24.2. The zero-order valence-corrected chi connectivity index (χ0v) is 10.1. The van der Waals surface area contributed by atoms with Crippen molar-refractivity contribution in [2.45, 2.75) is 45.1 Å². The molecule has 1 aliphatic heterocycles. The number of likely N-dealkylation sites (tertiary alicyclic amines) is 1. The van der Waals surface area contributed by atoms with Gasteiger partial charge < -0.3 is 15.4 Å². The fourth-order valence-electron chi connectivity index (χ4n) is 2.07. The molecule has 5 nitrogen and oxygen atoms in total. The van der Waals surface area contributed by atoms with Crippen molar-refractivity contribution in [3.63, 3.8) is 0 Å². The van der Waals surface area contributed by atoms with Gasteiger partial charge >= 0.3 is 7.48 Å². The molecule has 0 radical (unpaired) electrons. The van der Waals surface area contributed by atoms with Gasteiger partial charge in [-0.05, 0) is 18.8 Å². The minimum absolute atomic E-state index is 0.0195. The number of carbonyl (C=O) groups is 1. The van der Waals surface area contributed by atoms with Crippen LogP contribution in [0, 0.1) is 5.92 Å². The van der Waals surface area contributed by atoms with Crippen LogP contribution in [0.15, 0.2) is 0 Å². The average Bonchev–Trinajstić information content (AvgIpc) is 2.74. The van der Waals surface area contributed by atoms with E-state index in [-0.39, 0.29) is 25.2 Å². The summed E-state index contributed by atoms with van der Waals surface area (Å²) < 4.78 is 0. The summed E-state index contributed by atoms with van der Waals surface area (Å²) >= 11 is 0. The van der Waals surface area contributed by atoms with Crippen LogP contribution in [0.1, 0.15) is 33.1 Å². The minimum Gasteiger partial charge on any atom is -0.343 e. The van der Waals surface area contributed by atoms with Crippen molar-refractivity contribution in [2.24, 2.45) is 11.7 Å². The van der Waals surface area contributed by atoms with Gasteiger partial charge in [-0.3, -0.25) is 10.1 Å². The number of carbonyl (C=O) groups excluding carboxylic acids is 1. The van der Waals surface area contributed by atoms with Gasteiger partial charge in [0.15, 0.2) is 0 Å². The SMILES string of the molecule is CCC(C)C(N)C(=O)N1CCCC1BOO. The van der Waals surface area contributed by atoms with E-state index >= 15 is 0 Å². The van der Waals surface area contributed by atoms with E-state index in [0.717, 1.165) is 25.8 Å². The fourth-order valence-corrected chi connectivity index (χ4v) is 2.07. The van der Waals surface area contributed by atoms with Crippen molar-refractivity contribution < 1.29 is 14.9 Å². The zero-order chi connectivity index (χ0) is 12.1. The van der Waals surface area contributed by atoms with E-state index in [1.165, 1.54) is 0 Å². The Morgan fingerprint density at radius 2 is 2.44 bits per heavy atom. The van der Waals surface area contributed by atoms with Crippen LogP contribution in [0.5, 0.6) is 0 Å². The third-order valence-electron chi connectivity index (χ3n) is 3.47. The second kappa shape index (κ2) is 6.22. The molecule has 0 aromatic heterocycles. The number of nitrogens with zero attached hydrogens (tertiary/aromatic N) is 1. The summed E-state index contributed by atoms with van der Waals surface area (Å²) in [5.41, 5.74) is 5.91. The van der Waals surface area contributed by atoms with Crippen LogP contribution >= 0.6 is 0 Å². The monoisotopic (exact) mass is 228 g/mol. The molecule has 16 heavy (non-hydrogen) atoms. The predicted octanol–water partition coefficient (Wildman–Crippen LogP) is 0.149.